The Morgan fingerprint density at radius 3 is 1.97 bits per heavy atom. The normalized spacial score (nSPS) is 9.83. The third-order valence-corrected chi connectivity index (χ3v) is 3.98. The Hall–Kier alpha value is -1.92. The zero-order chi connectivity index (χ0) is 20.0. The Bertz CT molecular complexity index is 713. The second-order valence-electron chi connectivity index (χ2n) is 6.22. The van der Waals surface area contributed by atoms with E-state index in [1.54, 1.807) is 4.90 Å². The smallest absolute Gasteiger partial charge is 0.410 e. The number of alkyl carbamates (subject to hydrolysis) is 1. The van der Waals surface area contributed by atoms with Crippen LogP contribution in [0.2, 0.25) is 0 Å². The average molecular weight is 472 g/mol. The van der Waals surface area contributed by atoms with E-state index < -0.39 is 6.09 Å². The van der Waals surface area contributed by atoms with Crippen LogP contribution < -0.4 is 5.32 Å². The molecule has 0 aliphatic carbocycles. The van der Waals surface area contributed by atoms with Gasteiger partial charge < -0.3 is 26.6 Å². The molecule has 0 aromatic heterocycles. The molecule has 6 nitrogen and oxygen atoms in total. The third kappa shape index (κ3) is 10.4. The Morgan fingerprint density at radius 2 is 1.41 bits per heavy atom. The summed E-state index contributed by atoms with van der Waals surface area (Å²) >= 11 is 0. The minimum atomic E-state index is -0.473. The molecule has 0 atom stereocenters. The molecule has 2 aromatic rings. The van der Waals surface area contributed by atoms with Gasteiger partial charge in [0.25, 0.3) is 0 Å². The van der Waals surface area contributed by atoms with E-state index in [0.717, 1.165) is 11.1 Å². The summed E-state index contributed by atoms with van der Waals surface area (Å²) in [6.07, 6.45) is 0.340. The van der Waals surface area contributed by atoms with Crippen molar-refractivity contribution in [2.24, 2.45) is 0 Å². The first-order chi connectivity index (χ1) is 13.7. The molecule has 2 aromatic carbocycles. The summed E-state index contributed by atoms with van der Waals surface area (Å²) in [7, 11) is 0. The molecule has 0 aliphatic heterocycles. The first-order valence-electron chi connectivity index (χ1n) is 9.38. The maximum Gasteiger partial charge on any atom is 0.410 e. The number of hydrogen-bond donors (Lipinski definition) is 1. The monoisotopic (exact) mass is 472 g/mol. The Labute approximate surface area is 197 Å². The number of benzene rings is 2. The van der Waals surface area contributed by atoms with Gasteiger partial charge in [-0.1, -0.05) is 60.7 Å². The zero-order valence-corrected chi connectivity index (χ0v) is 19.4. The molecule has 1 radical (unpaired) electrons. The van der Waals surface area contributed by atoms with Crippen molar-refractivity contribution >= 4 is 12.2 Å². The van der Waals surface area contributed by atoms with Crippen molar-refractivity contribution in [1.82, 2.24) is 10.2 Å². The van der Waals surface area contributed by atoms with Gasteiger partial charge in [0.2, 0.25) is 0 Å². The zero-order valence-electron chi connectivity index (χ0n) is 16.6. The van der Waals surface area contributed by atoms with Gasteiger partial charge in [0.15, 0.2) is 0 Å². The molecule has 153 valence electrons. The van der Waals surface area contributed by atoms with Crippen LogP contribution in [-0.2, 0) is 55.4 Å². The molecule has 2 amide bonds. The van der Waals surface area contributed by atoms with E-state index in [1.807, 2.05) is 60.7 Å². The first-order valence-corrected chi connectivity index (χ1v) is 9.38. The van der Waals surface area contributed by atoms with E-state index in [2.05, 4.69) is 12.2 Å². The van der Waals surface area contributed by atoms with Crippen LogP contribution in [0.15, 0.2) is 60.7 Å². The fourth-order valence-corrected chi connectivity index (χ4v) is 2.53. The summed E-state index contributed by atoms with van der Waals surface area (Å²) < 4.78 is 10.5. The fourth-order valence-electron chi connectivity index (χ4n) is 2.53. The van der Waals surface area contributed by atoms with E-state index in [4.69, 9.17) is 9.47 Å². The van der Waals surface area contributed by atoms with Crippen molar-refractivity contribution in [3.05, 3.63) is 78.7 Å². The van der Waals surface area contributed by atoms with E-state index in [-0.39, 0.29) is 52.0 Å². The minimum Gasteiger partial charge on any atom is -0.445 e. The van der Waals surface area contributed by atoms with Crippen LogP contribution in [0.4, 0.5) is 9.59 Å². The van der Waals surface area contributed by atoms with Crippen LogP contribution in [0.5, 0.6) is 0 Å². The van der Waals surface area contributed by atoms with Crippen LogP contribution in [0, 0.1) is 6.92 Å². The van der Waals surface area contributed by atoms with Crippen LogP contribution in [0.1, 0.15) is 24.0 Å². The van der Waals surface area contributed by atoms with Gasteiger partial charge in [-0.3, -0.25) is 0 Å². The van der Waals surface area contributed by atoms with Gasteiger partial charge in [-0.05, 0) is 24.1 Å². The molecule has 7 heteroatoms. The molecule has 0 saturated heterocycles. The summed E-state index contributed by atoms with van der Waals surface area (Å²) in [6.45, 7) is 5.65. The summed E-state index contributed by atoms with van der Waals surface area (Å²) in [4.78, 5) is 25.6. The number of nitrogens with one attached hydrogen (secondary N) is 1. The SMILES string of the molecule is [CH2-]CCN(CCCNC(=O)OCc1ccccc1)C(=O)OCc1ccccc1.[Y]. The summed E-state index contributed by atoms with van der Waals surface area (Å²) in [5.74, 6) is 0. The van der Waals surface area contributed by atoms with Gasteiger partial charge >= 0.3 is 12.2 Å². The number of nitrogens with zero attached hydrogens (tertiary/aromatic N) is 1. The van der Waals surface area contributed by atoms with Gasteiger partial charge in [0.05, 0.1) is 0 Å². The number of carbonyl (C=O) groups excluding carboxylic acids is 2. The van der Waals surface area contributed by atoms with E-state index in [0.29, 0.717) is 32.5 Å². The van der Waals surface area contributed by atoms with Crippen molar-refractivity contribution in [2.75, 3.05) is 19.6 Å². The van der Waals surface area contributed by atoms with E-state index in [9.17, 15) is 9.59 Å². The predicted octanol–water partition coefficient (Wildman–Crippen LogP) is 4.16. The fraction of sp³-hybridized carbons (Fsp3) is 0.318. The molecule has 0 saturated carbocycles. The average Bonchev–Trinajstić information content (AvgIpc) is 2.74. The molecule has 0 heterocycles. The summed E-state index contributed by atoms with van der Waals surface area (Å²) in [5.41, 5.74) is 1.87. The van der Waals surface area contributed by atoms with Gasteiger partial charge in [-0.25, -0.2) is 9.59 Å². The Morgan fingerprint density at radius 1 is 0.862 bits per heavy atom. The first kappa shape index (κ1) is 25.1. The Kier molecular flexibility index (Phi) is 13.0. The summed E-state index contributed by atoms with van der Waals surface area (Å²) in [5, 5.41) is 2.69. The summed E-state index contributed by atoms with van der Waals surface area (Å²) in [6, 6.07) is 19.0. The molecular weight excluding hydrogens is 445 g/mol. The molecule has 0 unspecified atom stereocenters. The third-order valence-electron chi connectivity index (χ3n) is 3.98. The van der Waals surface area contributed by atoms with Gasteiger partial charge in [-0.15, -0.1) is 0 Å². The quantitative estimate of drug-likeness (QED) is 0.417. The van der Waals surface area contributed by atoms with Crippen molar-refractivity contribution in [3.8, 4) is 0 Å². The van der Waals surface area contributed by atoms with Crippen LogP contribution in [0.25, 0.3) is 0 Å². The largest absolute Gasteiger partial charge is 0.445 e. The van der Waals surface area contributed by atoms with Crippen molar-refractivity contribution < 1.29 is 51.8 Å². The predicted molar refractivity (Wildman–Crippen MR) is 107 cm³/mol. The van der Waals surface area contributed by atoms with E-state index >= 15 is 0 Å². The molecule has 0 spiro atoms. The topological polar surface area (TPSA) is 67.9 Å². The minimum absolute atomic E-state index is 0. The molecule has 1 N–H and O–H groups in total. The van der Waals surface area contributed by atoms with Crippen molar-refractivity contribution in [1.29, 1.82) is 0 Å². The van der Waals surface area contributed by atoms with Gasteiger partial charge in [-0.2, -0.15) is 6.42 Å². The number of rotatable bonds is 10. The maximum atomic E-state index is 12.3. The van der Waals surface area contributed by atoms with Gasteiger partial charge in [0, 0.05) is 45.8 Å². The van der Waals surface area contributed by atoms with Crippen LogP contribution in [-0.4, -0.2) is 36.7 Å². The molecule has 0 bridgehead atoms. The Balaban J connectivity index is 0.00000420. The number of ether oxygens (including phenoxy) is 2. The van der Waals surface area contributed by atoms with Crippen LogP contribution in [0.3, 0.4) is 0 Å². The second-order valence-corrected chi connectivity index (χ2v) is 6.22. The molecular formula is C22H27N2O4Y-. The van der Waals surface area contributed by atoms with Gasteiger partial charge in [0.1, 0.15) is 13.2 Å². The van der Waals surface area contributed by atoms with Crippen molar-refractivity contribution in [3.63, 3.8) is 0 Å². The molecule has 2 rings (SSSR count). The molecule has 29 heavy (non-hydrogen) atoms. The van der Waals surface area contributed by atoms with Crippen molar-refractivity contribution in [2.45, 2.75) is 26.1 Å². The van der Waals surface area contributed by atoms with E-state index in [1.165, 1.54) is 0 Å². The number of amides is 2. The maximum absolute atomic E-state index is 12.3. The molecule has 0 fully saturated rings. The standard InChI is InChI=1S/C22H27N2O4.Y/c1-2-15-24(22(26)28-18-20-12-7-4-8-13-20)16-9-14-23-21(25)27-17-19-10-5-3-6-11-19;/h3-8,10-13H,1-2,9,14-18H2,(H,23,25);/q-1;. The second kappa shape index (κ2) is 15.0. The number of hydrogen-bond acceptors (Lipinski definition) is 4. The van der Waals surface area contributed by atoms with Crippen LogP contribution >= 0.6 is 0 Å². The number of carbonyl (C=O) groups is 2. The molecule has 0 aliphatic rings.